The van der Waals surface area contributed by atoms with E-state index in [-0.39, 0.29) is 10.8 Å². The molecular weight excluding hydrogens is 428 g/mol. The second-order valence-electron chi connectivity index (χ2n) is 15.4. The van der Waals surface area contributed by atoms with Gasteiger partial charge in [0, 0.05) is 12.0 Å². The van der Waals surface area contributed by atoms with E-state index in [1.165, 1.54) is 63.4 Å². The van der Waals surface area contributed by atoms with E-state index in [0.717, 1.165) is 24.0 Å². The number of rotatable bonds is 4. The quantitative estimate of drug-likeness (QED) is 0.321. The molecule has 35 heavy (non-hydrogen) atoms. The van der Waals surface area contributed by atoms with Crippen molar-refractivity contribution in [1.82, 2.24) is 0 Å². The lowest BCUT2D eigenvalue weighted by molar-refractivity contribution is -0.250. The fourth-order valence-corrected chi connectivity index (χ4v) is 12.0. The highest BCUT2D eigenvalue weighted by atomic mass is 16.5. The zero-order valence-electron chi connectivity index (χ0n) is 24.0. The summed E-state index contributed by atoms with van der Waals surface area (Å²) in [6.45, 7) is 26.3. The van der Waals surface area contributed by atoms with Crippen molar-refractivity contribution in [3.63, 3.8) is 0 Å². The van der Waals surface area contributed by atoms with Crippen LogP contribution in [0.2, 0.25) is 0 Å². The van der Waals surface area contributed by atoms with Crippen molar-refractivity contribution in [2.24, 2.45) is 56.7 Å². The predicted molar refractivity (Wildman–Crippen MR) is 146 cm³/mol. The van der Waals surface area contributed by atoms with E-state index in [2.05, 4.69) is 54.7 Å². The fraction of sp³-hybridized carbons (Fsp3) is 0.879. The first kappa shape index (κ1) is 25.9. The molecule has 198 valence electrons. The number of allylic oxidation sites excluding steroid dienone is 2. The molecule has 5 fully saturated rings. The van der Waals surface area contributed by atoms with Crippen molar-refractivity contribution in [3.8, 4) is 0 Å². The number of hydrogen-bond acceptors (Lipinski definition) is 2. The number of hydrogen-bond donors (Lipinski definition) is 1. The Labute approximate surface area is 216 Å². The first-order valence-corrected chi connectivity index (χ1v) is 14.9. The van der Waals surface area contributed by atoms with Gasteiger partial charge in [-0.05, 0) is 129 Å². The lowest BCUT2D eigenvalue weighted by Crippen LogP contribution is -2.66. The van der Waals surface area contributed by atoms with Crippen LogP contribution >= 0.6 is 0 Å². The van der Waals surface area contributed by atoms with Gasteiger partial charge in [-0.25, -0.2) is 0 Å². The molecule has 2 heteroatoms. The number of aliphatic hydroxyl groups is 1. The first-order valence-electron chi connectivity index (χ1n) is 14.9. The molecule has 0 aromatic heterocycles. The number of aliphatic hydroxyl groups excluding tert-OH is 1. The minimum atomic E-state index is 0.151. The molecular formula is C33H54O2. The van der Waals surface area contributed by atoms with Crippen LogP contribution in [0.1, 0.15) is 113 Å². The summed E-state index contributed by atoms with van der Waals surface area (Å²) in [5.41, 5.74) is 2.82. The van der Waals surface area contributed by atoms with E-state index < -0.39 is 0 Å². The second kappa shape index (κ2) is 8.12. The standard InChI is InChI=1S/C33H54O2/c1-21(2)23-12-17-33(20-34)19-18-31(8)24(28(23)33)10-11-26-30(7)15-14-27(35-22(3)4)29(5,6)25(30)13-16-32(26,31)9/h23-28,34H,1,3,10-20H2,2,4-9H3/t23-,24?,25?,26?,27-,28?,30-,31+,32+,33+/m0/s1. The molecule has 0 spiro atoms. The summed E-state index contributed by atoms with van der Waals surface area (Å²) < 4.78 is 6.35. The van der Waals surface area contributed by atoms with Gasteiger partial charge in [-0.15, -0.1) is 0 Å². The van der Waals surface area contributed by atoms with Crippen LogP contribution in [0.3, 0.4) is 0 Å². The molecule has 5 aliphatic carbocycles. The Morgan fingerprint density at radius 2 is 1.51 bits per heavy atom. The van der Waals surface area contributed by atoms with Crippen molar-refractivity contribution in [2.75, 3.05) is 6.61 Å². The smallest absolute Gasteiger partial charge is 0.104 e. The Bertz CT molecular complexity index is 888. The SMILES string of the molecule is C=C(C)O[C@H]1CC[C@@]2(C)C(CC[C@]3(C)C2CCC2C4[C@H](C(=C)C)CC[C@]4(CO)CC[C@]23C)C1(C)C. The molecule has 0 saturated heterocycles. The molecule has 0 aromatic carbocycles. The summed E-state index contributed by atoms with van der Waals surface area (Å²) in [5.74, 6) is 4.33. The van der Waals surface area contributed by atoms with Crippen LogP contribution in [0, 0.1) is 56.7 Å². The Morgan fingerprint density at radius 3 is 2.14 bits per heavy atom. The lowest BCUT2D eigenvalue weighted by atomic mass is 9.32. The molecule has 5 aliphatic rings. The van der Waals surface area contributed by atoms with Crippen LogP contribution in [-0.2, 0) is 4.74 Å². The molecule has 0 amide bonds. The Morgan fingerprint density at radius 1 is 0.800 bits per heavy atom. The van der Waals surface area contributed by atoms with E-state index in [1.54, 1.807) is 0 Å². The monoisotopic (exact) mass is 482 g/mol. The molecule has 0 bridgehead atoms. The minimum absolute atomic E-state index is 0.151. The summed E-state index contributed by atoms with van der Waals surface area (Å²) in [7, 11) is 0. The molecule has 4 unspecified atom stereocenters. The van der Waals surface area contributed by atoms with Gasteiger partial charge < -0.3 is 9.84 Å². The third-order valence-electron chi connectivity index (χ3n) is 13.8. The summed E-state index contributed by atoms with van der Waals surface area (Å²) in [5, 5.41) is 10.7. The molecule has 2 nitrogen and oxygen atoms in total. The zero-order chi connectivity index (χ0) is 25.6. The van der Waals surface area contributed by atoms with E-state index >= 15 is 0 Å². The highest BCUT2D eigenvalue weighted by molar-refractivity contribution is 5.21. The third-order valence-corrected chi connectivity index (χ3v) is 13.8. The van der Waals surface area contributed by atoms with Gasteiger partial charge >= 0.3 is 0 Å². The minimum Gasteiger partial charge on any atom is -0.495 e. The molecule has 10 atom stereocenters. The zero-order valence-corrected chi connectivity index (χ0v) is 24.0. The Balaban J connectivity index is 1.51. The molecule has 0 heterocycles. The summed E-state index contributed by atoms with van der Waals surface area (Å²) >= 11 is 0. The lowest BCUT2D eigenvalue weighted by Gasteiger charge is -2.73. The Kier molecular flexibility index (Phi) is 6.00. The second-order valence-corrected chi connectivity index (χ2v) is 15.4. The normalized spacial score (nSPS) is 52.5. The molecule has 0 radical (unpaired) electrons. The third kappa shape index (κ3) is 3.29. The highest BCUT2D eigenvalue weighted by Crippen LogP contribution is 2.77. The van der Waals surface area contributed by atoms with Gasteiger partial charge in [-0.1, -0.05) is 53.3 Å². The van der Waals surface area contributed by atoms with Crippen molar-refractivity contribution >= 4 is 0 Å². The van der Waals surface area contributed by atoms with Crippen molar-refractivity contribution < 1.29 is 9.84 Å². The summed E-state index contributed by atoms with van der Waals surface area (Å²) in [4.78, 5) is 0. The van der Waals surface area contributed by atoms with Gasteiger partial charge in [0.1, 0.15) is 6.10 Å². The van der Waals surface area contributed by atoms with Gasteiger partial charge in [-0.3, -0.25) is 0 Å². The van der Waals surface area contributed by atoms with E-state index in [9.17, 15) is 5.11 Å². The maximum Gasteiger partial charge on any atom is 0.104 e. The van der Waals surface area contributed by atoms with Crippen molar-refractivity contribution in [2.45, 2.75) is 119 Å². The first-order chi connectivity index (χ1) is 16.3. The topological polar surface area (TPSA) is 29.5 Å². The van der Waals surface area contributed by atoms with Crippen LogP contribution in [0.4, 0.5) is 0 Å². The number of fused-ring (bicyclic) bond motifs is 7. The fourth-order valence-electron chi connectivity index (χ4n) is 12.0. The van der Waals surface area contributed by atoms with Crippen LogP contribution in [0.25, 0.3) is 0 Å². The van der Waals surface area contributed by atoms with E-state index in [4.69, 9.17) is 4.74 Å². The molecule has 0 aromatic rings. The average molecular weight is 483 g/mol. The highest BCUT2D eigenvalue weighted by Gasteiger charge is 2.70. The van der Waals surface area contributed by atoms with Gasteiger partial charge in [0.2, 0.25) is 0 Å². The number of ether oxygens (including phenoxy) is 1. The summed E-state index contributed by atoms with van der Waals surface area (Å²) in [6.07, 6.45) is 13.1. The van der Waals surface area contributed by atoms with Crippen molar-refractivity contribution in [1.29, 1.82) is 0 Å². The van der Waals surface area contributed by atoms with Crippen LogP contribution < -0.4 is 0 Å². The van der Waals surface area contributed by atoms with Gasteiger partial charge in [0.25, 0.3) is 0 Å². The van der Waals surface area contributed by atoms with Crippen LogP contribution in [0.15, 0.2) is 24.5 Å². The largest absolute Gasteiger partial charge is 0.495 e. The molecule has 5 saturated carbocycles. The Hall–Kier alpha value is -0.760. The molecule has 0 aliphatic heterocycles. The maximum atomic E-state index is 10.7. The average Bonchev–Trinajstić information content (AvgIpc) is 3.16. The predicted octanol–water partition coefficient (Wildman–Crippen LogP) is 8.56. The molecule has 1 N–H and O–H groups in total. The van der Waals surface area contributed by atoms with E-state index in [1.807, 2.05) is 6.92 Å². The van der Waals surface area contributed by atoms with Crippen LogP contribution in [0.5, 0.6) is 0 Å². The van der Waals surface area contributed by atoms with Crippen molar-refractivity contribution in [3.05, 3.63) is 24.5 Å². The van der Waals surface area contributed by atoms with Crippen LogP contribution in [-0.4, -0.2) is 17.8 Å². The molecule has 5 rings (SSSR count). The summed E-state index contributed by atoms with van der Waals surface area (Å²) in [6, 6.07) is 0. The maximum absolute atomic E-state index is 10.7. The van der Waals surface area contributed by atoms with E-state index in [0.29, 0.717) is 46.7 Å². The van der Waals surface area contributed by atoms with Gasteiger partial charge in [-0.2, -0.15) is 0 Å². The van der Waals surface area contributed by atoms with Gasteiger partial charge in [0.15, 0.2) is 0 Å². The van der Waals surface area contributed by atoms with Gasteiger partial charge in [0.05, 0.1) is 5.76 Å².